The molecule has 3 aromatic rings. The van der Waals surface area contributed by atoms with E-state index >= 15 is 0 Å². The van der Waals surface area contributed by atoms with Crippen molar-refractivity contribution in [2.45, 2.75) is 32.7 Å². The minimum atomic E-state index is -0.324. The van der Waals surface area contributed by atoms with Crippen molar-refractivity contribution in [1.29, 1.82) is 0 Å². The second-order valence-electron chi connectivity index (χ2n) is 9.09. The lowest BCUT2D eigenvalue weighted by atomic mass is 9.92. The Morgan fingerprint density at radius 1 is 1.03 bits per heavy atom. The van der Waals surface area contributed by atoms with Gasteiger partial charge in [-0.05, 0) is 17.7 Å². The molecule has 8 heteroatoms. The van der Waals surface area contributed by atoms with Crippen molar-refractivity contribution >= 4 is 29.4 Å². The highest BCUT2D eigenvalue weighted by Crippen LogP contribution is 2.29. The molecule has 3 rings (SSSR count). The molecule has 2 aromatic carbocycles. The number of carbonyl (C=O) groups is 2. The zero-order valence-electron chi connectivity index (χ0n) is 19.7. The number of rotatable bonds is 6. The summed E-state index contributed by atoms with van der Waals surface area (Å²) in [6, 6.07) is 18.5. The normalized spacial score (nSPS) is 11.2. The summed E-state index contributed by atoms with van der Waals surface area (Å²) in [5, 5.41) is 8.15. The number of hydrogen-bond donors (Lipinski definition) is 1. The Labute approximate surface area is 199 Å². The van der Waals surface area contributed by atoms with Crippen molar-refractivity contribution in [3.05, 3.63) is 76.9 Å². The van der Waals surface area contributed by atoms with Gasteiger partial charge >= 0.3 is 6.03 Å². The number of anilines is 1. The molecule has 33 heavy (non-hydrogen) atoms. The number of para-hydroxylation sites is 1. The molecular weight excluding hydrogens is 438 g/mol. The first kappa shape index (κ1) is 24.3. The molecule has 0 atom stereocenters. The van der Waals surface area contributed by atoms with Gasteiger partial charge in [0.05, 0.1) is 16.4 Å². The Morgan fingerprint density at radius 2 is 1.67 bits per heavy atom. The van der Waals surface area contributed by atoms with Crippen molar-refractivity contribution in [2.75, 3.05) is 26.0 Å². The quantitative estimate of drug-likeness (QED) is 0.557. The summed E-state index contributed by atoms with van der Waals surface area (Å²) in [5.41, 5.74) is 2.18. The van der Waals surface area contributed by atoms with Crippen LogP contribution in [-0.2, 0) is 16.8 Å². The van der Waals surface area contributed by atoms with Gasteiger partial charge in [0.1, 0.15) is 12.4 Å². The average molecular weight is 468 g/mol. The lowest BCUT2D eigenvalue weighted by Gasteiger charge is -2.25. The summed E-state index contributed by atoms with van der Waals surface area (Å²) in [5.74, 6) is 0.171. The molecule has 1 aromatic heterocycles. The lowest BCUT2D eigenvalue weighted by Crippen LogP contribution is -2.43. The van der Waals surface area contributed by atoms with Gasteiger partial charge in [0.2, 0.25) is 5.91 Å². The molecule has 0 bridgehead atoms. The van der Waals surface area contributed by atoms with E-state index in [2.05, 4.69) is 26.1 Å². The third-order valence-electron chi connectivity index (χ3n) is 5.03. The van der Waals surface area contributed by atoms with Crippen LogP contribution in [0.3, 0.4) is 0 Å². The molecule has 0 aliphatic heterocycles. The Kier molecular flexibility index (Phi) is 7.43. The van der Waals surface area contributed by atoms with Gasteiger partial charge in [0.15, 0.2) is 0 Å². The topological polar surface area (TPSA) is 70.5 Å². The molecule has 1 heterocycles. The average Bonchev–Trinajstić information content (AvgIpc) is 3.17. The van der Waals surface area contributed by atoms with Gasteiger partial charge in [-0.3, -0.25) is 4.79 Å². The lowest BCUT2D eigenvalue weighted by molar-refractivity contribution is -0.117. The SMILES string of the molecule is CN(C)C(=O)N(CC(=O)Nc1cc(C(C)(C)C)nn1-c1ccccc1Cl)Cc1ccccc1. The van der Waals surface area contributed by atoms with Crippen LogP contribution in [0.15, 0.2) is 60.7 Å². The van der Waals surface area contributed by atoms with Gasteiger partial charge in [0.25, 0.3) is 0 Å². The number of amides is 3. The monoisotopic (exact) mass is 467 g/mol. The molecule has 0 radical (unpaired) electrons. The fourth-order valence-electron chi connectivity index (χ4n) is 3.28. The highest BCUT2D eigenvalue weighted by Gasteiger charge is 2.24. The van der Waals surface area contributed by atoms with Gasteiger partial charge in [-0.1, -0.05) is 74.8 Å². The molecule has 7 nitrogen and oxygen atoms in total. The molecule has 0 unspecified atom stereocenters. The highest BCUT2D eigenvalue weighted by atomic mass is 35.5. The van der Waals surface area contributed by atoms with E-state index in [-0.39, 0.29) is 23.9 Å². The maximum absolute atomic E-state index is 13.1. The Bertz CT molecular complexity index is 1120. The van der Waals surface area contributed by atoms with Crippen LogP contribution < -0.4 is 5.32 Å². The van der Waals surface area contributed by atoms with Gasteiger partial charge in [-0.15, -0.1) is 0 Å². The van der Waals surface area contributed by atoms with E-state index in [9.17, 15) is 9.59 Å². The first-order chi connectivity index (χ1) is 15.6. The van der Waals surface area contributed by atoms with Crippen LogP contribution in [0.5, 0.6) is 0 Å². The highest BCUT2D eigenvalue weighted by molar-refractivity contribution is 6.32. The van der Waals surface area contributed by atoms with E-state index in [4.69, 9.17) is 16.7 Å². The number of benzene rings is 2. The van der Waals surface area contributed by atoms with Gasteiger partial charge < -0.3 is 15.1 Å². The van der Waals surface area contributed by atoms with Crippen molar-refractivity contribution in [3.63, 3.8) is 0 Å². The molecule has 1 N–H and O–H groups in total. The molecule has 0 saturated carbocycles. The number of nitrogens with one attached hydrogen (secondary N) is 1. The third kappa shape index (κ3) is 6.14. The van der Waals surface area contributed by atoms with Crippen LogP contribution in [-0.4, -0.2) is 52.2 Å². The predicted octanol–water partition coefficient (Wildman–Crippen LogP) is 4.95. The van der Waals surface area contributed by atoms with Crippen LogP contribution in [0.25, 0.3) is 5.69 Å². The molecular formula is C25H30ClN5O2. The minimum absolute atomic E-state index is 0.107. The first-order valence-electron chi connectivity index (χ1n) is 10.7. The number of nitrogens with zero attached hydrogens (tertiary/aromatic N) is 4. The summed E-state index contributed by atoms with van der Waals surface area (Å²) < 4.78 is 1.64. The van der Waals surface area contributed by atoms with Crippen LogP contribution >= 0.6 is 11.6 Å². The van der Waals surface area contributed by atoms with E-state index in [1.54, 1.807) is 24.8 Å². The van der Waals surface area contributed by atoms with Crippen molar-refractivity contribution in [3.8, 4) is 5.69 Å². The Morgan fingerprint density at radius 3 is 2.27 bits per heavy atom. The molecule has 174 valence electrons. The minimum Gasteiger partial charge on any atom is -0.331 e. The third-order valence-corrected chi connectivity index (χ3v) is 5.35. The first-order valence-corrected chi connectivity index (χ1v) is 11.1. The molecule has 0 aliphatic rings. The van der Waals surface area contributed by atoms with Crippen LogP contribution in [0.4, 0.5) is 10.6 Å². The number of hydrogen-bond acceptors (Lipinski definition) is 3. The molecule has 0 fully saturated rings. The molecule has 0 spiro atoms. The standard InChI is InChI=1S/C25H30ClN5O2/c1-25(2,3)21-15-22(31(28-21)20-14-10-9-13-19(20)26)27-23(32)17-30(24(33)29(4)5)16-18-11-7-6-8-12-18/h6-15H,16-17H2,1-5H3,(H,27,32). The smallest absolute Gasteiger partial charge is 0.320 e. The number of carbonyl (C=O) groups excluding carboxylic acids is 2. The van der Waals surface area contributed by atoms with Crippen molar-refractivity contribution in [2.24, 2.45) is 0 Å². The molecule has 0 aliphatic carbocycles. The number of urea groups is 1. The molecule has 3 amide bonds. The maximum Gasteiger partial charge on any atom is 0.320 e. The van der Waals surface area contributed by atoms with Gasteiger partial charge in [-0.25, -0.2) is 9.48 Å². The summed E-state index contributed by atoms with van der Waals surface area (Å²) in [4.78, 5) is 28.8. The second-order valence-corrected chi connectivity index (χ2v) is 9.50. The van der Waals surface area contributed by atoms with E-state index in [1.807, 2.05) is 54.6 Å². The van der Waals surface area contributed by atoms with Crippen molar-refractivity contribution < 1.29 is 9.59 Å². The van der Waals surface area contributed by atoms with E-state index in [0.29, 0.717) is 23.1 Å². The van der Waals surface area contributed by atoms with Gasteiger partial charge in [0, 0.05) is 32.1 Å². The summed E-state index contributed by atoms with van der Waals surface area (Å²) in [6.45, 7) is 6.37. The van der Waals surface area contributed by atoms with Crippen molar-refractivity contribution in [1.82, 2.24) is 19.6 Å². The summed E-state index contributed by atoms with van der Waals surface area (Å²) in [7, 11) is 3.33. The van der Waals surface area contributed by atoms with E-state index in [0.717, 1.165) is 11.3 Å². The number of halogens is 1. The second kappa shape index (κ2) is 10.1. The van der Waals surface area contributed by atoms with Crippen LogP contribution in [0, 0.1) is 0 Å². The fraction of sp³-hybridized carbons (Fsp3) is 0.320. The molecule has 0 saturated heterocycles. The van der Waals surface area contributed by atoms with Crippen LogP contribution in [0.2, 0.25) is 5.02 Å². The largest absolute Gasteiger partial charge is 0.331 e. The Hall–Kier alpha value is -3.32. The van der Waals surface area contributed by atoms with Crippen LogP contribution in [0.1, 0.15) is 32.0 Å². The fourth-order valence-corrected chi connectivity index (χ4v) is 3.49. The summed E-state index contributed by atoms with van der Waals surface area (Å²) >= 11 is 6.41. The van der Waals surface area contributed by atoms with E-state index in [1.165, 1.54) is 9.80 Å². The zero-order chi connectivity index (χ0) is 24.2. The number of aromatic nitrogens is 2. The maximum atomic E-state index is 13.1. The summed E-state index contributed by atoms with van der Waals surface area (Å²) in [6.07, 6.45) is 0. The Balaban J connectivity index is 1.88. The van der Waals surface area contributed by atoms with Gasteiger partial charge in [-0.2, -0.15) is 5.10 Å². The zero-order valence-corrected chi connectivity index (χ0v) is 20.4. The van der Waals surface area contributed by atoms with E-state index < -0.39 is 0 Å². The predicted molar refractivity (Wildman–Crippen MR) is 132 cm³/mol.